The van der Waals surface area contributed by atoms with E-state index in [2.05, 4.69) is 21.2 Å². The zero-order chi connectivity index (χ0) is 12.1. The molecule has 2 rings (SSSR count). The van der Waals surface area contributed by atoms with Gasteiger partial charge in [0.1, 0.15) is 12.4 Å². The highest BCUT2D eigenvalue weighted by Gasteiger charge is 2.21. The summed E-state index contributed by atoms with van der Waals surface area (Å²) < 4.78 is 6.62. The minimum absolute atomic E-state index is 0.360. The molecular formula is C13H18BrNO2. The maximum Gasteiger partial charge on any atom is 0.119 e. The molecule has 17 heavy (non-hydrogen) atoms. The Bertz CT molecular complexity index is 336. The van der Waals surface area contributed by atoms with Gasteiger partial charge < -0.3 is 15.2 Å². The van der Waals surface area contributed by atoms with E-state index in [9.17, 15) is 5.11 Å². The second-order valence-corrected chi connectivity index (χ2v) is 5.34. The van der Waals surface area contributed by atoms with Crippen LogP contribution in [-0.4, -0.2) is 30.9 Å². The Hall–Kier alpha value is -0.580. The van der Waals surface area contributed by atoms with Gasteiger partial charge in [-0.25, -0.2) is 0 Å². The highest BCUT2D eigenvalue weighted by atomic mass is 79.9. The Morgan fingerprint density at radius 1 is 1.29 bits per heavy atom. The second kappa shape index (κ2) is 6.38. The quantitative estimate of drug-likeness (QED) is 0.895. The number of aliphatic hydroxyl groups excluding tert-OH is 1. The van der Waals surface area contributed by atoms with Gasteiger partial charge in [0.2, 0.25) is 0 Å². The first-order chi connectivity index (χ1) is 8.25. The Morgan fingerprint density at radius 2 is 1.94 bits per heavy atom. The molecule has 1 aliphatic rings. The van der Waals surface area contributed by atoms with Crippen molar-refractivity contribution in [3.8, 4) is 5.75 Å². The van der Waals surface area contributed by atoms with Crippen LogP contribution < -0.4 is 10.1 Å². The molecule has 1 aliphatic heterocycles. The fourth-order valence-corrected chi connectivity index (χ4v) is 2.34. The van der Waals surface area contributed by atoms with Crippen LogP contribution >= 0.6 is 15.9 Å². The third-order valence-electron chi connectivity index (χ3n) is 3.16. The van der Waals surface area contributed by atoms with Gasteiger partial charge in [0.15, 0.2) is 0 Å². The Kier molecular flexibility index (Phi) is 4.83. The van der Waals surface area contributed by atoms with Crippen LogP contribution in [0.5, 0.6) is 5.75 Å². The van der Waals surface area contributed by atoms with Crippen molar-refractivity contribution in [2.45, 2.75) is 18.9 Å². The summed E-state index contributed by atoms with van der Waals surface area (Å²) in [7, 11) is 0. The average Bonchev–Trinajstić information content (AvgIpc) is 2.39. The molecule has 4 heteroatoms. The van der Waals surface area contributed by atoms with Gasteiger partial charge in [0.25, 0.3) is 0 Å². The van der Waals surface area contributed by atoms with Gasteiger partial charge in [-0.2, -0.15) is 0 Å². The molecule has 94 valence electrons. The largest absolute Gasteiger partial charge is 0.491 e. The summed E-state index contributed by atoms with van der Waals surface area (Å²) in [5.41, 5.74) is 0. The molecule has 1 heterocycles. The van der Waals surface area contributed by atoms with Crippen LogP contribution in [-0.2, 0) is 0 Å². The molecule has 1 saturated heterocycles. The van der Waals surface area contributed by atoms with Gasteiger partial charge in [0, 0.05) is 4.47 Å². The van der Waals surface area contributed by atoms with E-state index in [4.69, 9.17) is 4.74 Å². The molecule has 0 radical (unpaired) electrons. The number of hydrogen-bond donors (Lipinski definition) is 2. The monoisotopic (exact) mass is 299 g/mol. The lowest BCUT2D eigenvalue weighted by atomic mass is 9.93. The molecule has 3 nitrogen and oxygen atoms in total. The van der Waals surface area contributed by atoms with Gasteiger partial charge in [-0.05, 0) is 56.1 Å². The summed E-state index contributed by atoms with van der Waals surface area (Å²) in [6.45, 7) is 2.38. The maximum absolute atomic E-state index is 10.0. The molecule has 0 amide bonds. The number of piperidine rings is 1. The highest BCUT2D eigenvalue weighted by Crippen LogP contribution is 2.19. The molecule has 1 unspecified atom stereocenters. The molecule has 1 aromatic rings. The summed E-state index contributed by atoms with van der Waals surface area (Å²) in [5.74, 6) is 1.17. The molecule has 1 fully saturated rings. The molecule has 2 N–H and O–H groups in total. The molecule has 0 aliphatic carbocycles. The van der Waals surface area contributed by atoms with Crippen molar-refractivity contribution in [2.24, 2.45) is 5.92 Å². The van der Waals surface area contributed by atoms with Crippen molar-refractivity contribution >= 4 is 15.9 Å². The van der Waals surface area contributed by atoms with Crippen molar-refractivity contribution in [1.29, 1.82) is 0 Å². The van der Waals surface area contributed by atoms with Gasteiger partial charge >= 0.3 is 0 Å². The minimum Gasteiger partial charge on any atom is -0.491 e. The third-order valence-corrected chi connectivity index (χ3v) is 3.69. The van der Waals surface area contributed by atoms with Crippen molar-refractivity contribution in [3.05, 3.63) is 28.7 Å². The summed E-state index contributed by atoms with van der Waals surface area (Å²) in [6, 6.07) is 7.68. The van der Waals surface area contributed by atoms with Crippen molar-refractivity contribution < 1.29 is 9.84 Å². The van der Waals surface area contributed by atoms with Crippen molar-refractivity contribution in [3.63, 3.8) is 0 Å². The predicted octanol–water partition coefficient (Wildman–Crippen LogP) is 2.19. The van der Waals surface area contributed by atoms with Crippen LogP contribution in [0.25, 0.3) is 0 Å². The first-order valence-electron chi connectivity index (χ1n) is 6.03. The molecule has 1 atom stereocenters. The lowest BCUT2D eigenvalue weighted by molar-refractivity contribution is 0.0442. The fourth-order valence-electron chi connectivity index (χ4n) is 2.08. The number of aliphatic hydroxyl groups is 1. The predicted molar refractivity (Wildman–Crippen MR) is 71.2 cm³/mol. The van der Waals surface area contributed by atoms with Crippen LogP contribution in [0.15, 0.2) is 28.7 Å². The van der Waals surface area contributed by atoms with Crippen LogP contribution in [0, 0.1) is 5.92 Å². The Labute approximate surface area is 110 Å². The van der Waals surface area contributed by atoms with Crippen LogP contribution in [0.1, 0.15) is 12.8 Å². The highest BCUT2D eigenvalue weighted by molar-refractivity contribution is 9.10. The first kappa shape index (κ1) is 12.9. The van der Waals surface area contributed by atoms with Gasteiger partial charge in [-0.15, -0.1) is 0 Å². The molecule has 0 bridgehead atoms. The van der Waals surface area contributed by atoms with Crippen LogP contribution in [0.4, 0.5) is 0 Å². The number of hydrogen-bond acceptors (Lipinski definition) is 3. The van der Waals surface area contributed by atoms with E-state index in [0.29, 0.717) is 12.5 Å². The number of nitrogens with one attached hydrogen (secondary N) is 1. The van der Waals surface area contributed by atoms with Gasteiger partial charge in [-0.1, -0.05) is 15.9 Å². The molecule has 0 aromatic heterocycles. The topological polar surface area (TPSA) is 41.5 Å². The van der Waals surface area contributed by atoms with E-state index >= 15 is 0 Å². The zero-order valence-electron chi connectivity index (χ0n) is 9.73. The summed E-state index contributed by atoms with van der Waals surface area (Å²) in [5, 5.41) is 13.3. The van der Waals surface area contributed by atoms with E-state index in [1.54, 1.807) is 0 Å². The maximum atomic E-state index is 10.0. The third kappa shape index (κ3) is 3.98. The van der Waals surface area contributed by atoms with E-state index in [1.807, 2.05) is 24.3 Å². The summed E-state index contributed by atoms with van der Waals surface area (Å²) >= 11 is 3.38. The molecule has 0 saturated carbocycles. The van der Waals surface area contributed by atoms with Crippen molar-refractivity contribution in [1.82, 2.24) is 5.32 Å². The number of rotatable bonds is 4. The minimum atomic E-state index is -0.360. The lowest BCUT2D eigenvalue weighted by Gasteiger charge is -2.27. The number of halogens is 1. The smallest absolute Gasteiger partial charge is 0.119 e. The molecular weight excluding hydrogens is 282 g/mol. The SMILES string of the molecule is OC(COc1ccc(Br)cc1)C1CCNCC1. The first-order valence-corrected chi connectivity index (χ1v) is 6.82. The number of benzene rings is 1. The normalized spacial score (nSPS) is 18.9. The van der Waals surface area contributed by atoms with Crippen LogP contribution in [0.3, 0.4) is 0 Å². The summed E-state index contributed by atoms with van der Waals surface area (Å²) in [4.78, 5) is 0. The molecule has 1 aromatic carbocycles. The van der Waals surface area contributed by atoms with Crippen LogP contribution in [0.2, 0.25) is 0 Å². The van der Waals surface area contributed by atoms with E-state index in [-0.39, 0.29) is 6.10 Å². The zero-order valence-corrected chi connectivity index (χ0v) is 11.3. The second-order valence-electron chi connectivity index (χ2n) is 4.42. The Balaban J connectivity index is 1.78. The van der Waals surface area contributed by atoms with E-state index in [0.717, 1.165) is 36.2 Å². The standard InChI is InChI=1S/C13H18BrNO2/c14-11-1-3-12(4-2-11)17-9-13(16)10-5-7-15-8-6-10/h1-4,10,13,15-16H,5-9H2. The summed E-state index contributed by atoms with van der Waals surface area (Å²) in [6.07, 6.45) is 1.70. The lowest BCUT2D eigenvalue weighted by Crippen LogP contribution is -2.36. The van der Waals surface area contributed by atoms with Gasteiger partial charge in [-0.3, -0.25) is 0 Å². The van der Waals surface area contributed by atoms with E-state index in [1.165, 1.54) is 0 Å². The average molecular weight is 300 g/mol. The Morgan fingerprint density at radius 3 is 2.59 bits per heavy atom. The van der Waals surface area contributed by atoms with Gasteiger partial charge in [0.05, 0.1) is 6.10 Å². The molecule has 0 spiro atoms. The fraction of sp³-hybridized carbons (Fsp3) is 0.538. The van der Waals surface area contributed by atoms with Crippen molar-refractivity contribution in [2.75, 3.05) is 19.7 Å². The van der Waals surface area contributed by atoms with E-state index < -0.39 is 0 Å². The number of ether oxygens (including phenoxy) is 1.